The first kappa shape index (κ1) is 29.2. The quantitative estimate of drug-likeness (QED) is 0.317. The second-order valence-corrected chi connectivity index (χ2v) is 12.9. The molecule has 206 valence electrons. The monoisotopic (exact) mass is 583 g/mol. The molecule has 0 saturated carbocycles. The number of hydrogen-bond acceptors (Lipinski definition) is 6. The van der Waals surface area contributed by atoms with Crippen molar-refractivity contribution >= 4 is 42.6 Å². The highest BCUT2D eigenvalue weighted by molar-refractivity contribution is 7.89. The van der Waals surface area contributed by atoms with Gasteiger partial charge in [0.1, 0.15) is 0 Å². The first-order valence-corrected chi connectivity index (χ1v) is 15.0. The minimum Gasteiger partial charge on any atom is -1.00 e. The van der Waals surface area contributed by atoms with Gasteiger partial charge in [-0.2, -0.15) is 4.31 Å². The number of halogens is 1. The summed E-state index contributed by atoms with van der Waals surface area (Å²) in [6.07, 6.45) is 1.48. The van der Waals surface area contributed by atoms with E-state index in [0.29, 0.717) is 36.8 Å². The van der Waals surface area contributed by atoms with Crippen molar-refractivity contribution in [1.29, 1.82) is 0 Å². The predicted octanol–water partition coefficient (Wildman–Crippen LogP) is 1.95. The van der Waals surface area contributed by atoms with Crippen LogP contribution in [0, 0.1) is 6.92 Å². The Balaban J connectivity index is 0.00000353. The smallest absolute Gasteiger partial charge is 0.260 e. The van der Waals surface area contributed by atoms with E-state index >= 15 is 0 Å². The van der Waals surface area contributed by atoms with Crippen molar-refractivity contribution in [2.24, 2.45) is 0 Å². The molecule has 0 aliphatic carbocycles. The molecule has 3 aromatic carbocycles. The van der Waals surface area contributed by atoms with Crippen LogP contribution in [-0.2, 0) is 23.0 Å². The maximum Gasteiger partial charge on any atom is 0.260 e. The van der Waals surface area contributed by atoms with E-state index in [2.05, 4.69) is 11.0 Å². The molecule has 0 bridgehead atoms. The first-order valence-electron chi connectivity index (χ1n) is 12.7. The zero-order chi connectivity index (χ0) is 26.9. The van der Waals surface area contributed by atoms with Gasteiger partial charge in [0, 0.05) is 25.2 Å². The molecule has 10 heteroatoms. The number of aromatic nitrogens is 1. The molecule has 0 unspecified atom stereocenters. The standard InChI is InChI=1S/C29H32N4O3S2.ClH/c1-21-8-6-11-26-27(21)30-29(37-26)33(18-7-17-31(2)3)28(34)23-12-14-25(15-13-23)38(35,36)32-19-16-22-9-4-5-10-24(22)20-32;/h4-6,8-15H,7,16-20H2,1-3H3;1H/p-1. The number of rotatable bonds is 8. The number of thiazole rings is 1. The second-order valence-electron chi connectivity index (χ2n) is 9.91. The van der Waals surface area contributed by atoms with Crippen molar-refractivity contribution < 1.29 is 25.6 Å². The van der Waals surface area contributed by atoms with Gasteiger partial charge >= 0.3 is 0 Å². The first-order chi connectivity index (χ1) is 18.2. The second kappa shape index (κ2) is 12.1. The fraction of sp³-hybridized carbons (Fsp3) is 0.310. The summed E-state index contributed by atoms with van der Waals surface area (Å²) in [5.41, 5.74) is 4.64. The van der Waals surface area contributed by atoms with Gasteiger partial charge < -0.3 is 17.3 Å². The Bertz CT molecular complexity index is 1570. The van der Waals surface area contributed by atoms with Gasteiger partial charge in [-0.05, 0) is 87.4 Å². The summed E-state index contributed by atoms with van der Waals surface area (Å²) in [6.45, 7) is 4.17. The van der Waals surface area contributed by atoms with Gasteiger partial charge in [-0.15, -0.1) is 0 Å². The topological polar surface area (TPSA) is 73.8 Å². The average molecular weight is 584 g/mol. The molecule has 0 N–H and O–H groups in total. The van der Waals surface area contributed by atoms with Crippen LogP contribution in [-0.4, -0.2) is 62.2 Å². The number of anilines is 1. The van der Waals surface area contributed by atoms with Crippen LogP contribution in [0.2, 0.25) is 0 Å². The van der Waals surface area contributed by atoms with Crippen molar-refractivity contribution in [1.82, 2.24) is 14.2 Å². The molecule has 5 rings (SSSR count). The van der Waals surface area contributed by atoms with Gasteiger partial charge in [-0.3, -0.25) is 9.69 Å². The largest absolute Gasteiger partial charge is 1.00 e. The molecule has 4 aromatic rings. The Hall–Kier alpha value is -2.82. The molecule has 1 aromatic heterocycles. The zero-order valence-corrected chi connectivity index (χ0v) is 24.7. The molecule has 2 heterocycles. The van der Waals surface area contributed by atoms with E-state index in [-0.39, 0.29) is 23.2 Å². The molecular weight excluding hydrogens is 552 g/mol. The van der Waals surface area contributed by atoms with E-state index < -0.39 is 10.0 Å². The summed E-state index contributed by atoms with van der Waals surface area (Å²) in [7, 11) is 0.342. The summed E-state index contributed by atoms with van der Waals surface area (Å²) in [5, 5.41) is 0.654. The lowest BCUT2D eigenvalue weighted by Crippen LogP contribution is -3.00. The van der Waals surface area contributed by atoms with Crippen molar-refractivity contribution in [2.75, 3.05) is 38.6 Å². The number of benzene rings is 3. The zero-order valence-electron chi connectivity index (χ0n) is 22.3. The lowest BCUT2D eigenvalue weighted by Gasteiger charge is -2.28. The molecule has 0 atom stereocenters. The Morgan fingerprint density at radius 2 is 1.69 bits per heavy atom. The van der Waals surface area contributed by atoms with Gasteiger partial charge in [0.15, 0.2) is 5.13 Å². The number of carbonyl (C=O) groups excluding carboxylic acids is 1. The van der Waals surface area contributed by atoms with Crippen LogP contribution >= 0.6 is 11.3 Å². The van der Waals surface area contributed by atoms with Crippen molar-refractivity contribution in [3.05, 3.63) is 89.0 Å². The maximum atomic E-state index is 13.7. The van der Waals surface area contributed by atoms with E-state index in [4.69, 9.17) is 4.98 Å². The summed E-state index contributed by atoms with van der Waals surface area (Å²) in [5.74, 6) is -0.184. The van der Waals surface area contributed by atoms with Crippen LogP contribution in [0.5, 0.6) is 0 Å². The summed E-state index contributed by atoms with van der Waals surface area (Å²) >= 11 is 1.50. The van der Waals surface area contributed by atoms with Crippen molar-refractivity contribution in [3.63, 3.8) is 0 Å². The number of hydrogen-bond donors (Lipinski definition) is 0. The van der Waals surface area contributed by atoms with Gasteiger partial charge in [0.2, 0.25) is 10.0 Å². The third kappa shape index (κ3) is 6.18. The van der Waals surface area contributed by atoms with Gasteiger partial charge in [0.05, 0.1) is 15.1 Å². The van der Waals surface area contributed by atoms with Crippen LogP contribution in [0.1, 0.15) is 33.5 Å². The molecule has 7 nitrogen and oxygen atoms in total. The number of para-hydroxylation sites is 1. The fourth-order valence-corrected chi connectivity index (χ4v) is 7.26. The maximum absolute atomic E-state index is 13.7. The van der Waals surface area contributed by atoms with E-state index in [0.717, 1.165) is 34.3 Å². The third-order valence-electron chi connectivity index (χ3n) is 6.91. The Morgan fingerprint density at radius 1 is 0.974 bits per heavy atom. The summed E-state index contributed by atoms with van der Waals surface area (Å²) < 4.78 is 29.3. The minimum absolute atomic E-state index is 0. The van der Waals surface area contributed by atoms with E-state index in [1.165, 1.54) is 21.2 Å². The van der Waals surface area contributed by atoms with Crippen molar-refractivity contribution in [3.8, 4) is 0 Å². The highest BCUT2D eigenvalue weighted by Gasteiger charge is 2.29. The van der Waals surface area contributed by atoms with E-state index in [1.54, 1.807) is 29.2 Å². The number of amides is 1. The SMILES string of the molecule is Cc1cccc2sc(N(CCCN(C)C)C(=O)c3ccc(S(=O)(=O)N4CCc5ccccc5C4)cc3)nc12.[Cl-]. The van der Waals surface area contributed by atoms with Crippen LogP contribution in [0.4, 0.5) is 5.13 Å². The van der Waals surface area contributed by atoms with E-state index in [1.807, 2.05) is 57.4 Å². The Labute approximate surface area is 240 Å². The Kier molecular flexibility index (Phi) is 9.08. The molecule has 0 fully saturated rings. The van der Waals surface area contributed by atoms with Crippen LogP contribution in [0.15, 0.2) is 71.6 Å². The predicted molar refractivity (Wildman–Crippen MR) is 153 cm³/mol. The number of aryl methyl sites for hydroxylation is 1. The molecule has 1 aliphatic heterocycles. The number of nitrogens with zero attached hydrogens (tertiary/aromatic N) is 4. The average Bonchev–Trinajstić information content (AvgIpc) is 3.36. The van der Waals surface area contributed by atoms with Crippen LogP contribution in [0.3, 0.4) is 0 Å². The minimum atomic E-state index is -3.67. The highest BCUT2D eigenvalue weighted by atomic mass is 35.5. The fourth-order valence-electron chi connectivity index (χ4n) is 4.77. The Morgan fingerprint density at radius 3 is 2.38 bits per heavy atom. The summed E-state index contributed by atoms with van der Waals surface area (Å²) in [6, 6.07) is 20.3. The molecule has 1 amide bonds. The lowest BCUT2D eigenvalue weighted by molar-refractivity contribution is -0.0000178. The van der Waals surface area contributed by atoms with Gasteiger partial charge in [-0.25, -0.2) is 13.4 Å². The number of fused-ring (bicyclic) bond motifs is 2. The molecular formula is C29H32ClN4O3S2-. The molecule has 39 heavy (non-hydrogen) atoms. The molecule has 1 aliphatic rings. The summed E-state index contributed by atoms with van der Waals surface area (Å²) in [4.78, 5) is 22.5. The van der Waals surface area contributed by atoms with Crippen LogP contribution < -0.4 is 17.3 Å². The van der Waals surface area contributed by atoms with Gasteiger partial charge in [0.25, 0.3) is 5.91 Å². The number of carbonyl (C=O) groups is 1. The van der Waals surface area contributed by atoms with Gasteiger partial charge in [-0.1, -0.05) is 47.7 Å². The van der Waals surface area contributed by atoms with Crippen LogP contribution in [0.25, 0.3) is 10.2 Å². The molecule has 0 radical (unpaired) electrons. The third-order valence-corrected chi connectivity index (χ3v) is 9.81. The lowest BCUT2D eigenvalue weighted by atomic mass is 10.0. The molecule has 0 spiro atoms. The highest BCUT2D eigenvalue weighted by Crippen LogP contribution is 2.32. The molecule has 0 saturated heterocycles. The van der Waals surface area contributed by atoms with Crippen molar-refractivity contribution in [2.45, 2.75) is 31.2 Å². The number of sulfonamides is 1. The van der Waals surface area contributed by atoms with E-state index in [9.17, 15) is 13.2 Å². The normalized spacial score (nSPS) is 13.7.